The Morgan fingerprint density at radius 2 is 1.71 bits per heavy atom. The smallest absolute Gasteiger partial charge is 0.409 e. The van der Waals surface area contributed by atoms with Gasteiger partial charge in [0.25, 0.3) is 0 Å². The summed E-state index contributed by atoms with van der Waals surface area (Å²) in [7, 11) is 1.37. The van der Waals surface area contributed by atoms with Crippen molar-refractivity contribution in [3.8, 4) is 0 Å². The number of urea groups is 1. The van der Waals surface area contributed by atoms with Gasteiger partial charge in [-0.05, 0) is 5.92 Å². The van der Waals surface area contributed by atoms with Crippen molar-refractivity contribution in [1.82, 2.24) is 15.1 Å². The minimum Gasteiger partial charge on any atom is -0.453 e. The second-order valence-corrected chi connectivity index (χ2v) is 4.52. The van der Waals surface area contributed by atoms with E-state index in [1.807, 2.05) is 0 Å². The van der Waals surface area contributed by atoms with Gasteiger partial charge >= 0.3 is 12.1 Å². The molecule has 1 aliphatic rings. The Kier molecular flexibility index (Phi) is 5.06. The molecule has 1 saturated heterocycles. The average molecular weight is 243 g/mol. The molecular formula is C11H21N3O3. The van der Waals surface area contributed by atoms with E-state index in [9.17, 15) is 9.59 Å². The van der Waals surface area contributed by atoms with Gasteiger partial charge in [-0.1, -0.05) is 13.8 Å². The predicted molar refractivity (Wildman–Crippen MR) is 63.8 cm³/mol. The molecule has 1 aliphatic heterocycles. The quantitative estimate of drug-likeness (QED) is 0.778. The SMILES string of the molecule is COC(=O)N1CCN(C(=O)NCC(C)C)CC1. The van der Waals surface area contributed by atoms with E-state index in [0.717, 1.165) is 0 Å². The lowest BCUT2D eigenvalue weighted by Crippen LogP contribution is -2.53. The summed E-state index contributed by atoms with van der Waals surface area (Å²) in [5, 5.41) is 2.86. The molecule has 1 fully saturated rings. The molecule has 1 rings (SSSR count). The number of nitrogens with zero attached hydrogens (tertiary/aromatic N) is 2. The summed E-state index contributed by atoms with van der Waals surface area (Å²) >= 11 is 0. The summed E-state index contributed by atoms with van der Waals surface area (Å²) in [6.45, 7) is 6.95. The molecule has 0 spiro atoms. The molecule has 6 nitrogen and oxygen atoms in total. The Morgan fingerprint density at radius 1 is 1.18 bits per heavy atom. The first-order valence-corrected chi connectivity index (χ1v) is 5.90. The number of piperazine rings is 1. The van der Waals surface area contributed by atoms with Crippen LogP contribution >= 0.6 is 0 Å². The van der Waals surface area contributed by atoms with Crippen molar-refractivity contribution >= 4 is 12.1 Å². The van der Waals surface area contributed by atoms with Gasteiger partial charge in [0.05, 0.1) is 7.11 Å². The van der Waals surface area contributed by atoms with Crippen molar-refractivity contribution in [2.24, 2.45) is 5.92 Å². The standard InChI is InChI=1S/C11H21N3O3/c1-9(2)8-12-10(15)13-4-6-14(7-5-13)11(16)17-3/h9H,4-8H2,1-3H3,(H,12,15). The molecule has 0 aromatic rings. The summed E-state index contributed by atoms with van der Waals surface area (Å²) in [6, 6.07) is -0.0526. The van der Waals surface area contributed by atoms with Gasteiger partial charge in [0.1, 0.15) is 0 Å². The largest absolute Gasteiger partial charge is 0.453 e. The van der Waals surface area contributed by atoms with Gasteiger partial charge in [0.15, 0.2) is 0 Å². The first-order valence-electron chi connectivity index (χ1n) is 5.90. The van der Waals surface area contributed by atoms with Crippen molar-refractivity contribution < 1.29 is 14.3 Å². The van der Waals surface area contributed by atoms with Crippen LogP contribution in [0.5, 0.6) is 0 Å². The highest BCUT2D eigenvalue weighted by atomic mass is 16.5. The van der Waals surface area contributed by atoms with Crippen LogP contribution in [0.15, 0.2) is 0 Å². The normalized spacial score (nSPS) is 16.0. The Morgan fingerprint density at radius 3 is 2.18 bits per heavy atom. The van der Waals surface area contributed by atoms with E-state index in [2.05, 4.69) is 23.9 Å². The summed E-state index contributed by atoms with van der Waals surface area (Å²) in [6.07, 6.45) is -0.327. The molecule has 0 unspecified atom stereocenters. The lowest BCUT2D eigenvalue weighted by atomic mass is 10.2. The number of hydrogen-bond acceptors (Lipinski definition) is 3. The third-order valence-electron chi connectivity index (χ3n) is 2.66. The minimum atomic E-state index is -0.327. The maximum absolute atomic E-state index is 11.7. The number of hydrogen-bond donors (Lipinski definition) is 1. The van der Waals surface area contributed by atoms with Crippen molar-refractivity contribution in [3.63, 3.8) is 0 Å². The van der Waals surface area contributed by atoms with Gasteiger partial charge in [-0.3, -0.25) is 0 Å². The maximum Gasteiger partial charge on any atom is 0.409 e. The molecule has 3 amide bonds. The maximum atomic E-state index is 11.7. The fraction of sp³-hybridized carbons (Fsp3) is 0.818. The van der Waals surface area contributed by atoms with Crippen LogP contribution in [0.2, 0.25) is 0 Å². The number of rotatable bonds is 2. The van der Waals surface area contributed by atoms with E-state index in [-0.39, 0.29) is 12.1 Å². The molecule has 6 heteroatoms. The van der Waals surface area contributed by atoms with Gasteiger partial charge in [0, 0.05) is 32.7 Å². The van der Waals surface area contributed by atoms with Crippen LogP contribution in [0, 0.1) is 5.92 Å². The van der Waals surface area contributed by atoms with Gasteiger partial charge in [-0.25, -0.2) is 9.59 Å². The highest BCUT2D eigenvalue weighted by molar-refractivity contribution is 5.75. The molecule has 0 atom stereocenters. The fourth-order valence-corrected chi connectivity index (χ4v) is 1.62. The molecule has 1 heterocycles. The number of carbonyl (C=O) groups excluding carboxylic acids is 2. The summed E-state index contributed by atoms with van der Waals surface area (Å²) in [4.78, 5) is 26.3. The molecular weight excluding hydrogens is 222 g/mol. The highest BCUT2D eigenvalue weighted by Crippen LogP contribution is 2.03. The first-order chi connectivity index (χ1) is 8.04. The fourth-order valence-electron chi connectivity index (χ4n) is 1.62. The van der Waals surface area contributed by atoms with Gasteiger partial charge in [0.2, 0.25) is 0 Å². The van der Waals surface area contributed by atoms with E-state index < -0.39 is 0 Å². The minimum absolute atomic E-state index is 0.0526. The van der Waals surface area contributed by atoms with Crippen molar-refractivity contribution in [2.75, 3.05) is 39.8 Å². The Balaban J connectivity index is 2.31. The van der Waals surface area contributed by atoms with Crippen LogP contribution < -0.4 is 5.32 Å². The van der Waals surface area contributed by atoms with Crippen molar-refractivity contribution in [2.45, 2.75) is 13.8 Å². The monoisotopic (exact) mass is 243 g/mol. The molecule has 17 heavy (non-hydrogen) atoms. The van der Waals surface area contributed by atoms with Crippen LogP contribution in [0.4, 0.5) is 9.59 Å². The zero-order valence-corrected chi connectivity index (χ0v) is 10.7. The van der Waals surface area contributed by atoms with Gasteiger partial charge in [-0.15, -0.1) is 0 Å². The zero-order valence-electron chi connectivity index (χ0n) is 10.7. The molecule has 0 saturated carbocycles. The second-order valence-electron chi connectivity index (χ2n) is 4.52. The van der Waals surface area contributed by atoms with E-state index in [1.54, 1.807) is 9.80 Å². The van der Waals surface area contributed by atoms with Crippen LogP contribution in [0.3, 0.4) is 0 Å². The number of ether oxygens (including phenoxy) is 1. The van der Waals surface area contributed by atoms with E-state index in [1.165, 1.54) is 7.11 Å². The number of amides is 3. The Bertz CT molecular complexity index is 273. The second kappa shape index (κ2) is 6.32. The highest BCUT2D eigenvalue weighted by Gasteiger charge is 2.24. The summed E-state index contributed by atoms with van der Waals surface area (Å²) < 4.78 is 4.63. The first kappa shape index (κ1) is 13.6. The molecule has 0 bridgehead atoms. The van der Waals surface area contributed by atoms with Crippen LogP contribution in [0.25, 0.3) is 0 Å². The van der Waals surface area contributed by atoms with Crippen LogP contribution in [0.1, 0.15) is 13.8 Å². The van der Waals surface area contributed by atoms with E-state index in [0.29, 0.717) is 38.6 Å². The predicted octanol–water partition coefficient (Wildman–Crippen LogP) is 0.736. The summed E-state index contributed by atoms with van der Waals surface area (Å²) in [5.41, 5.74) is 0. The van der Waals surface area contributed by atoms with Gasteiger partial charge in [-0.2, -0.15) is 0 Å². The average Bonchev–Trinajstić information content (AvgIpc) is 2.35. The Labute approximate surface area is 102 Å². The number of nitrogens with one attached hydrogen (secondary N) is 1. The lowest BCUT2D eigenvalue weighted by Gasteiger charge is -2.33. The molecule has 0 radical (unpaired) electrons. The van der Waals surface area contributed by atoms with E-state index >= 15 is 0 Å². The molecule has 0 aliphatic carbocycles. The third kappa shape index (κ3) is 4.13. The van der Waals surface area contributed by atoms with Crippen LogP contribution in [-0.4, -0.2) is 61.8 Å². The van der Waals surface area contributed by atoms with E-state index in [4.69, 9.17) is 0 Å². The third-order valence-corrected chi connectivity index (χ3v) is 2.66. The van der Waals surface area contributed by atoms with Crippen molar-refractivity contribution in [1.29, 1.82) is 0 Å². The van der Waals surface area contributed by atoms with Gasteiger partial charge < -0.3 is 19.9 Å². The van der Waals surface area contributed by atoms with Crippen LogP contribution in [-0.2, 0) is 4.74 Å². The molecule has 98 valence electrons. The molecule has 1 N–H and O–H groups in total. The number of carbonyl (C=O) groups is 2. The lowest BCUT2D eigenvalue weighted by molar-refractivity contribution is 0.0970. The zero-order chi connectivity index (χ0) is 12.8. The number of methoxy groups -OCH3 is 1. The van der Waals surface area contributed by atoms with Crippen molar-refractivity contribution in [3.05, 3.63) is 0 Å². The summed E-state index contributed by atoms with van der Waals surface area (Å²) in [5.74, 6) is 0.440. The molecule has 0 aromatic heterocycles. The topological polar surface area (TPSA) is 61.9 Å². The molecule has 0 aromatic carbocycles. The Hall–Kier alpha value is -1.46.